The second-order valence-corrected chi connectivity index (χ2v) is 7.59. The van der Waals surface area contributed by atoms with Crippen molar-refractivity contribution in [2.75, 3.05) is 11.9 Å². The number of carbonyl (C=O) groups is 2. The highest BCUT2D eigenvalue weighted by Gasteiger charge is 2.30. The normalized spacial score (nSPS) is 18.6. The summed E-state index contributed by atoms with van der Waals surface area (Å²) in [5, 5.41) is 7.19. The van der Waals surface area contributed by atoms with Crippen molar-refractivity contribution >= 4 is 23.2 Å². The summed E-state index contributed by atoms with van der Waals surface area (Å²) in [5.74, 6) is -0.173. The minimum absolute atomic E-state index is 0.137. The second kappa shape index (κ2) is 8.62. The molecule has 1 fully saturated rings. The molecule has 2 atom stereocenters. The topological polar surface area (TPSA) is 94.8 Å². The van der Waals surface area contributed by atoms with E-state index in [0.717, 1.165) is 18.5 Å². The van der Waals surface area contributed by atoms with Gasteiger partial charge in [0.1, 0.15) is 24.6 Å². The minimum atomic E-state index is -0.233. The summed E-state index contributed by atoms with van der Waals surface area (Å²) in [6.45, 7) is 3.87. The molecule has 0 radical (unpaired) electrons. The number of fused-ring (bicyclic) bond motifs is 1. The Kier molecular flexibility index (Phi) is 5.76. The van der Waals surface area contributed by atoms with Gasteiger partial charge in [-0.05, 0) is 37.1 Å². The van der Waals surface area contributed by atoms with Crippen LogP contribution in [-0.4, -0.2) is 39.2 Å². The number of benzene rings is 1. The van der Waals surface area contributed by atoms with Crippen molar-refractivity contribution in [2.24, 2.45) is 5.92 Å². The summed E-state index contributed by atoms with van der Waals surface area (Å²) < 4.78 is 13.1. The summed E-state index contributed by atoms with van der Waals surface area (Å²) in [5.41, 5.74) is 2.12. The number of ether oxygens (including phenoxy) is 2. The lowest BCUT2D eigenvalue weighted by molar-refractivity contribution is -0.151. The highest BCUT2D eigenvalue weighted by molar-refractivity contribution is 6.05. The van der Waals surface area contributed by atoms with Crippen molar-refractivity contribution in [3.05, 3.63) is 60.0 Å². The van der Waals surface area contributed by atoms with Gasteiger partial charge in [0.05, 0.1) is 17.7 Å². The first-order valence-electron chi connectivity index (χ1n) is 10.0. The fourth-order valence-corrected chi connectivity index (χ4v) is 3.45. The van der Waals surface area contributed by atoms with Crippen LogP contribution in [0, 0.1) is 5.92 Å². The van der Waals surface area contributed by atoms with Gasteiger partial charge in [-0.25, -0.2) is 9.50 Å². The van der Waals surface area contributed by atoms with Gasteiger partial charge in [0, 0.05) is 5.56 Å². The number of hydrogen-bond donors (Lipinski definition) is 1. The zero-order valence-corrected chi connectivity index (χ0v) is 16.9. The molecule has 1 aliphatic heterocycles. The average Bonchev–Trinajstić information content (AvgIpc) is 3.39. The van der Waals surface area contributed by atoms with E-state index in [9.17, 15) is 9.59 Å². The first-order chi connectivity index (χ1) is 14.5. The number of anilines is 1. The van der Waals surface area contributed by atoms with Crippen LogP contribution >= 0.6 is 0 Å². The molecule has 1 aliphatic rings. The lowest BCUT2D eigenvalue weighted by Crippen LogP contribution is -2.21. The quantitative estimate of drug-likeness (QED) is 0.628. The lowest BCUT2D eigenvalue weighted by atomic mass is 10.1. The Bertz CT molecular complexity index is 1050. The predicted octanol–water partition coefficient (Wildman–Crippen LogP) is 3.40. The molecule has 1 amide bonds. The maximum Gasteiger partial charge on any atom is 0.308 e. The maximum absolute atomic E-state index is 12.5. The van der Waals surface area contributed by atoms with E-state index in [2.05, 4.69) is 15.4 Å². The van der Waals surface area contributed by atoms with Crippen LogP contribution in [0.15, 0.2) is 48.8 Å². The average molecular weight is 408 g/mol. The van der Waals surface area contributed by atoms with E-state index in [4.69, 9.17) is 9.47 Å². The SMILES string of the molecule is CC(C)C(=O)OCC1CCC(c2ccc3c(NC(=O)c4ccccc4)ncnn23)O1. The van der Waals surface area contributed by atoms with Crippen molar-refractivity contribution in [1.82, 2.24) is 14.6 Å². The molecular formula is C22H24N4O4. The zero-order chi connectivity index (χ0) is 21.1. The van der Waals surface area contributed by atoms with Gasteiger partial charge in [-0.2, -0.15) is 5.10 Å². The molecule has 2 aromatic heterocycles. The number of amides is 1. The summed E-state index contributed by atoms with van der Waals surface area (Å²) in [7, 11) is 0. The van der Waals surface area contributed by atoms with E-state index in [0.29, 0.717) is 16.9 Å². The molecule has 4 rings (SSSR count). The number of nitrogens with zero attached hydrogens (tertiary/aromatic N) is 3. The molecule has 156 valence electrons. The summed E-state index contributed by atoms with van der Waals surface area (Å²) in [6, 6.07) is 12.8. The van der Waals surface area contributed by atoms with Crippen LogP contribution < -0.4 is 5.32 Å². The third kappa shape index (κ3) is 4.18. The molecule has 1 N–H and O–H groups in total. The van der Waals surface area contributed by atoms with Gasteiger partial charge in [0.25, 0.3) is 5.91 Å². The summed E-state index contributed by atoms with van der Waals surface area (Å²) >= 11 is 0. The van der Waals surface area contributed by atoms with E-state index in [-0.39, 0.29) is 36.6 Å². The van der Waals surface area contributed by atoms with Crippen LogP contribution in [0.1, 0.15) is 48.8 Å². The fraction of sp³-hybridized carbons (Fsp3) is 0.364. The number of hydrogen-bond acceptors (Lipinski definition) is 6. The van der Waals surface area contributed by atoms with Gasteiger partial charge in [0.15, 0.2) is 5.82 Å². The van der Waals surface area contributed by atoms with Crippen LogP contribution in [0.25, 0.3) is 5.52 Å². The fourth-order valence-electron chi connectivity index (χ4n) is 3.45. The van der Waals surface area contributed by atoms with Crippen LogP contribution in [0.4, 0.5) is 5.82 Å². The molecule has 30 heavy (non-hydrogen) atoms. The molecule has 0 saturated carbocycles. The Labute approximate surface area is 174 Å². The molecule has 0 aliphatic carbocycles. The number of aromatic nitrogens is 3. The summed E-state index contributed by atoms with van der Waals surface area (Å²) in [4.78, 5) is 28.4. The van der Waals surface area contributed by atoms with Crippen LogP contribution in [-0.2, 0) is 14.3 Å². The molecule has 0 spiro atoms. The Hall–Kier alpha value is -3.26. The van der Waals surface area contributed by atoms with Gasteiger partial charge >= 0.3 is 5.97 Å². The number of rotatable bonds is 6. The van der Waals surface area contributed by atoms with E-state index in [1.807, 2.05) is 30.3 Å². The molecule has 2 unspecified atom stereocenters. The third-order valence-corrected chi connectivity index (χ3v) is 5.07. The van der Waals surface area contributed by atoms with E-state index in [1.165, 1.54) is 6.33 Å². The molecule has 1 aromatic carbocycles. The van der Waals surface area contributed by atoms with Crippen molar-refractivity contribution in [3.8, 4) is 0 Å². The molecule has 3 heterocycles. The smallest absolute Gasteiger partial charge is 0.308 e. The highest BCUT2D eigenvalue weighted by Crippen LogP contribution is 2.34. The third-order valence-electron chi connectivity index (χ3n) is 5.07. The number of nitrogens with one attached hydrogen (secondary N) is 1. The maximum atomic E-state index is 12.5. The molecule has 1 saturated heterocycles. The van der Waals surface area contributed by atoms with Gasteiger partial charge in [-0.1, -0.05) is 32.0 Å². The van der Waals surface area contributed by atoms with Gasteiger partial charge in [0.2, 0.25) is 0 Å². The van der Waals surface area contributed by atoms with Crippen molar-refractivity contribution in [2.45, 2.75) is 38.9 Å². The molecule has 8 nitrogen and oxygen atoms in total. The first kappa shape index (κ1) is 20.0. The second-order valence-electron chi connectivity index (χ2n) is 7.59. The Morgan fingerprint density at radius 2 is 2.00 bits per heavy atom. The number of carbonyl (C=O) groups excluding carboxylic acids is 2. The van der Waals surface area contributed by atoms with Gasteiger partial charge in [-0.3, -0.25) is 9.59 Å². The zero-order valence-electron chi connectivity index (χ0n) is 16.9. The monoisotopic (exact) mass is 408 g/mol. The van der Waals surface area contributed by atoms with E-state index < -0.39 is 0 Å². The van der Waals surface area contributed by atoms with Crippen molar-refractivity contribution in [1.29, 1.82) is 0 Å². The Balaban J connectivity index is 1.47. The molecule has 8 heteroatoms. The van der Waals surface area contributed by atoms with Crippen LogP contribution in [0.3, 0.4) is 0 Å². The highest BCUT2D eigenvalue weighted by atomic mass is 16.6. The van der Waals surface area contributed by atoms with Gasteiger partial charge in [-0.15, -0.1) is 0 Å². The molecule has 0 bridgehead atoms. The Morgan fingerprint density at radius 1 is 1.20 bits per heavy atom. The molecular weight excluding hydrogens is 384 g/mol. The standard InChI is InChI=1S/C22H24N4O4/c1-14(2)22(28)29-12-16-8-11-19(30-16)17-9-10-18-20(23-13-24-26(17)18)25-21(27)15-6-4-3-5-7-15/h3-7,9-10,13-14,16,19H,8,11-12H2,1-2H3,(H,23,24,25,27). The minimum Gasteiger partial charge on any atom is -0.463 e. The number of esters is 1. The van der Waals surface area contributed by atoms with Crippen molar-refractivity contribution in [3.63, 3.8) is 0 Å². The summed E-state index contributed by atoms with van der Waals surface area (Å²) in [6.07, 6.45) is 2.70. The first-order valence-corrected chi connectivity index (χ1v) is 10.0. The van der Waals surface area contributed by atoms with E-state index in [1.54, 1.807) is 30.5 Å². The predicted molar refractivity (Wildman–Crippen MR) is 110 cm³/mol. The Morgan fingerprint density at radius 3 is 2.77 bits per heavy atom. The van der Waals surface area contributed by atoms with Crippen molar-refractivity contribution < 1.29 is 19.1 Å². The lowest BCUT2D eigenvalue weighted by Gasteiger charge is -2.15. The van der Waals surface area contributed by atoms with Crippen LogP contribution in [0.5, 0.6) is 0 Å². The van der Waals surface area contributed by atoms with E-state index >= 15 is 0 Å². The van der Waals surface area contributed by atoms with Crippen LogP contribution in [0.2, 0.25) is 0 Å². The largest absolute Gasteiger partial charge is 0.463 e. The van der Waals surface area contributed by atoms with Gasteiger partial charge < -0.3 is 14.8 Å². The molecule has 3 aromatic rings.